The molecule has 0 radical (unpaired) electrons. The van der Waals surface area contributed by atoms with Gasteiger partial charge in [-0.2, -0.15) is 0 Å². The molecule has 0 aliphatic rings. The van der Waals surface area contributed by atoms with E-state index < -0.39 is 18.2 Å². The summed E-state index contributed by atoms with van der Waals surface area (Å²) < 4.78 is 4.64. The van der Waals surface area contributed by atoms with Crippen molar-refractivity contribution in [2.75, 3.05) is 12.3 Å². The van der Waals surface area contributed by atoms with Crippen molar-refractivity contribution < 1.29 is 19.7 Å². The number of ether oxygens (including phenoxy) is 1. The highest BCUT2D eigenvalue weighted by Gasteiger charge is 2.29. The fourth-order valence-corrected chi connectivity index (χ4v) is 1.62. The van der Waals surface area contributed by atoms with Gasteiger partial charge in [-0.05, 0) is 25.5 Å². The van der Waals surface area contributed by atoms with Crippen molar-refractivity contribution in [1.29, 1.82) is 0 Å². The second kappa shape index (κ2) is 5.65. The van der Waals surface area contributed by atoms with Gasteiger partial charge in [0.05, 0.1) is 6.61 Å². The summed E-state index contributed by atoms with van der Waals surface area (Å²) >= 11 is 0. The first-order chi connectivity index (χ1) is 7.99. The summed E-state index contributed by atoms with van der Waals surface area (Å²) in [5.74, 6) is -0.859. The van der Waals surface area contributed by atoms with Gasteiger partial charge in [-0.3, -0.25) is 0 Å². The van der Waals surface area contributed by atoms with Gasteiger partial charge in [0, 0.05) is 11.3 Å². The summed E-state index contributed by atoms with van der Waals surface area (Å²) in [6.45, 7) is 3.51. The predicted molar refractivity (Wildman–Crippen MR) is 63.2 cm³/mol. The number of hydrogen-bond acceptors (Lipinski definition) is 5. The average molecular weight is 239 g/mol. The highest BCUT2D eigenvalue weighted by molar-refractivity contribution is 5.76. The Morgan fingerprint density at radius 1 is 1.47 bits per heavy atom. The second-order valence-corrected chi connectivity index (χ2v) is 3.72. The zero-order chi connectivity index (χ0) is 13.0. The van der Waals surface area contributed by atoms with Gasteiger partial charge in [-0.1, -0.05) is 12.1 Å². The van der Waals surface area contributed by atoms with Gasteiger partial charge in [0.25, 0.3) is 0 Å². The molecule has 0 aromatic heterocycles. The van der Waals surface area contributed by atoms with Crippen LogP contribution in [0.2, 0.25) is 0 Å². The molecule has 2 atom stereocenters. The molecule has 0 heterocycles. The molecule has 2 unspecified atom stereocenters. The van der Waals surface area contributed by atoms with Crippen LogP contribution in [0.5, 0.6) is 0 Å². The molecule has 17 heavy (non-hydrogen) atoms. The molecule has 0 aliphatic heterocycles. The van der Waals surface area contributed by atoms with Gasteiger partial charge >= 0.3 is 5.97 Å². The summed E-state index contributed by atoms with van der Waals surface area (Å²) in [6.07, 6.45) is -3.01. The third-order valence-corrected chi connectivity index (χ3v) is 2.48. The molecule has 0 spiro atoms. The highest BCUT2D eigenvalue weighted by Crippen LogP contribution is 2.27. The molecule has 0 bridgehead atoms. The zero-order valence-corrected chi connectivity index (χ0v) is 9.88. The predicted octanol–water partition coefficient (Wildman–Crippen LogP) is 0.535. The largest absolute Gasteiger partial charge is 0.464 e. The van der Waals surface area contributed by atoms with Crippen molar-refractivity contribution in [1.82, 2.24) is 0 Å². The van der Waals surface area contributed by atoms with E-state index in [0.717, 1.165) is 0 Å². The number of carbonyl (C=O) groups excluding carboxylic acids is 1. The van der Waals surface area contributed by atoms with Gasteiger partial charge < -0.3 is 20.7 Å². The Labute approximate surface area is 99.8 Å². The first kappa shape index (κ1) is 13.5. The number of nitrogen functional groups attached to an aromatic ring is 1. The maximum Gasteiger partial charge on any atom is 0.338 e. The lowest BCUT2D eigenvalue weighted by molar-refractivity contribution is -0.159. The maximum atomic E-state index is 11.3. The minimum Gasteiger partial charge on any atom is -0.464 e. The Morgan fingerprint density at radius 2 is 2.12 bits per heavy atom. The average Bonchev–Trinajstić information content (AvgIpc) is 2.27. The molecule has 0 amide bonds. The number of benzene rings is 1. The Hall–Kier alpha value is -1.59. The van der Waals surface area contributed by atoms with E-state index in [1.807, 2.05) is 0 Å². The smallest absolute Gasteiger partial charge is 0.338 e. The number of hydrogen-bond donors (Lipinski definition) is 3. The number of aliphatic hydroxyl groups is 2. The third-order valence-electron chi connectivity index (χ3n) is 2.48. The lowest BCUT2D eigenvalue weighted by Gasteiger charge is -2.20. The number of anilines is 1. The number of aryl methyl sites for hydroxylation is 1. The number of carbonyl (C=O) groups is 1. The Bertz CT molecular complexity index is 385. The number of nitrogens with two attached hydrogens (primary N) is 1. The normalized spacial score (nSPS) is 14.1. The van der Waals surface area contributed by atoms with Crippen molar-refractivity contribution in [2.45, 2.75) is 26.1 Å². The molecule has 1 aromatic carbocycles. The van der Waals surface area contributed by atoms with E-state index in [2.05, 4.69) is 4.74 Å². The lowest BCUT2D eigenvalue weighted by atomic mass is 9.97. The van der Waals surface area contributed by atoms with Gasteiger partial charge in [0.2, 0.25) is 0 Å². The van der Waals surface area contributed by atoms with Crippen LogP contribution in [0.15, 0.2) is 18.2 Å². The SMILES string of the molecule is CCOC(=O)C(O)C(O)c1c(C)cccc1N. The molecule has 0 saturated heterocycles. The summed E-state index contributed by atoms with van der Waals surface area (Å²) in [5, 5.41) is 19.6. The molecule has 4 N–H and O–H groups in total. The van der Waals surface area contributed by atoms with Crippen molar-refractivity contribution >= 4 is 11.7 Å². The van der Waals surface area contributed by atoms with Gasteiger partial charge in [0.1, 0.15) is 6.10 Å². The quantitative estimate of drug-likeness (QED) is 0.526. The van der Waals surface area contributed by atoms with Crippen LogP contribution in [0.4, 0.5) is 5.69 Å². The minimum atomic E-state index is -1.63. The van der Waals surface area contributed by atoms with Crippen LogP contribution < -0.4 is 5.73 Å². The molecule has 94 valence electrons. The van der Waals surface area contributed by atoms with Crippen molar-refractivity contribution in [2.24, 2.45) is 0 Å². The van der Waals surface area contributed by atoms with Crippen LogP contribution in [0, 0.1) is 6.92 Å². The van der Waals surface area contributed by atoms with Crippen LogP contribution in [0.1, 0.15) is 24.2 Å². The number of rotatable bonds is 4. The standard InChI is InChI=1S/C12H17NO4/c1-3-17-12(16)11(15)10(14)9-7(2)5-4-6-8(9)13/h4-6,10-11,14-15H,3,13H2,1-2H3. The maximum absolute atomic E-state index is 11.3. The fraction of sp³-hybridized carbons (Fsp3) is 0.417. The second-order valence-electron chi connectivity index (χ2n) is 3.72. The molecule has 5 heteroatoms. The van der Waals surface area contributed by atoms with E-state index in [1.54, 1.807) is 32.0 Å². The van der Waals surface area contributed by atoms with E-state index in [9.17, 15) is 15.0 Å². The van der Waals surface area contributed by atoms with Gasteiger partial charge in [-0.25, -0.2) is 4.79 Å². The first-order valence-corrected chi connectivity index (χ1v) is 5.36. The first-order valence-electron chi connectivity index (χ1n) is 5.36. The molecule has 1 aromatic rings. The summed E-state index contributed by atoms with van der Waals surface area (Å²) in [7, 11) is 0. The minimum absolute atomic E-state index is 0.145. The molecular formula is C12H17NO4. The van der Waals surface area contributed by atoms with Crippen LogP contribution in [-0.2, 0) is 9.53 Å². The molecule has 0 aliphatic carbocycles. The lowest BCUT2D eigenvalue weighted by Crippen LogP contribution is -2.30. The summed E-state index contributed by atoms with van der Waals surface area (Å²) in [6, 6.07) is 5.08. The Balaban J connectivity index is 2.96. The van der Waals surface area contributed by atoms with E-state index >= 15 is 0 Å². The molecule has 5 nitrogen and oxygen atoms in total. The summed E-state index contributed by atoms with van der Waals surface area (Å²) in [4.78, 5) is 11.3. The van der Waals surface area contributed by atoms with Crippen LogP contribution in [0.3, 0.4) is 0 Å². The molecule has 1 rings (SSSR count). The molecule has 0 fully saturated rings. The van der Waals surface area contributed by atoms with E-state index in [1.165, 1.54) is 0 Å². The zero-order valence-electron chi connectivity index (χ0n) is 9.88. The fourth-order valence-electron chi connectivity index (χ4n) is 1.62. The van der Waals surface area contributed by atoms with Crippen LogP contribution in [-0.4, -0.2) is 28.9 Å². The molecular weight excluding hydrogens is 222 g/mol. The monoisotopic (exact) mass is 239 g/mol. The molecule has 0 saturated carbocycles. The van der Waals surface area contributed by atoms with Crippen molar-refractivity contribution in [3.8, 4) is 0 Å². The van der Waals surface area contributed by atoms with E-state index in [0.29, 0.717) is 16.8 Å². The Kier molecular flexibility index (Phi) is 4.48. The number of aliphatic hydroxyl groups excluding tert-OH is 2. The van der Waals surface area contributed by atoms with Gasteiger partial charge in [-0.15, -0.1) is 0 Å². The van der Waals surface area contributed by atoms with Crippen molar-refractivity contribution in [3.05, 3.63) is 29.3 Å². The van der Waals surface area contributed by atoms with Crippen LogP contribution >= 0.6 is 0 Å². The Morgan fingerprint density at radius 3 is 2.65 bits per heavy atom. The van der Waals surface area contributed by atoms with E-state index in [4.69, 9.17) is 5.73 Å². The summed E-state index contributed by atoms with van der Waals surface area (Å²) in [5.41, 5.74) is 7.11. The third kappa shape index (κ3) is 2.95. The highest BCUT2D eigenvalue weighted by atomic mass is 16.5. The number of esters is 1. The van der Waals surface area contributed by atoms with E-state index in [-0.39, 0.29) is 6.61 Å². The topological polar surface area (TPSA) is 92.8 Å². The van der Waals surface area contributed by atoms with Crippen molar-refractivity contribution in [3.63, 3.8) is 0 Å². The van der Waals surface area contributed by atoms with Crippen LogP contribution in [0.25, 0.3) is 0 Å². The van der Waals surface area contributed by atoms with Gasteiger partial charge in [0.15, 0.2) is 6.10 Å².